The molecule has 0 atom stereocenters. The van der Waals surface area contributed by atoms with Crippen LogP contribution in [0.5, 0.6) is 0 Å². The number of hydrogen-bond acceptors (Lipinski definition) is 3. The predicted octanol–water partition coefficient (Wildman–Crippen LogP) is 1.89. The molecule has 0 unspecified atom stereocenters. The van der Waals surface area contributed by atoms with Gasteiger partial charge in [0.25, 0.3) is 0 Å². The van der Waals surface area contributed by atoms with Crippen LogP contribution >= 0.6 is 11.6 Å². The number of aryl methyl sites for hydroxylation is 1. The molecule has 0 saturated carbocycles. The van der Waals surface area contributed by atoms with Crippen LogP contribution in [0.15, 0.2) is 30.6 Å². The van der Waals surface area contributed by atoms with Crippen molar-refractivity contribution in [2.24, 2.45) is 7.05 Å². The normalized spacial score (nSPS) is 10.4. The molecule has 0 radical (unpaired) electrons. The van der Waals surface area contributed by atoms with Crippen molar-refractivity contribution >= 4 is 23.1 Å². The number of nitrogens with zero attached hydrogens (tertiary/aromatic N) is 2. The number of nitrogen functional groups attached to an aromatic ring is 1. The number of carbonyl (C=O) groups is 1. The molecule has 0 bridgehead atoms. The lowest BCUT2D eigenvalue weighted by Crippen LogP contribution is -2.04. The summed E-state index contributed by atoms with van der Waals surface area (Å²) in [4.78, 5) is 12.0. The van der Waals surface area contributed by atoms with Gasteiger partial charge in [-0.2, -0.15) is 5.10 Å². The Morgan fingerprint density at radius 1 is 1.50 bits per heavy atom. The largest absolute Gasteiger partial charge is 0.398 e. The Bertz CT molecular complexity index is 548. The number of carbonyl (C=O) groups excluding carboxylic acids is 1. The van der Waals surface area contributed by atoms with Crippen molar-refractivity contribution in [2.75, 3.05) is 5.73 Å². The Kier molecular flexibility index (Phi) is 2.66. The Morgan fingerprint density at radius 2 is 2.25 bits per heavy atom. The molecule has 0 saturated heterocycles. The minimum atomic E-state index is -0.151. The maximum absolute atomic E-state index is 12.0. The summed E-state index contributed by atoms with van der Waals surface area (Å²) in [6, 6.07) is 4.82. The zero-order valence-corrected chi connectivity index (χ0v) is 9.40. The van der Waals surface area contributed by atoms with Crippen molar-refractivity contribution in [3.05, 3.63) is 46.7 Å². The van der Waals surface area contributed by atoms with Gasteiger partial charge in [-0.1, -0.05) is 11.6 Å². The lowest BCUT2D eigenvalue weighted by Gasteiger charge is -2.03. The number of anilines is 1. The smallest absolute Gasteiger partial charge is 0.198 e. The van der Waals surface area contributed by atoms with Gasteiger partial charge in [0.05, 0.1) is 11.8 Å². The highest BCUT2D eigenvalue weighted by molar-refractivity contribution is 6.31. The lowest BCUT2D eigenvalue weighted by molar-refractivity contribution is 0.103. The molecule has 2 N–H and O–H groups in total. The van der Waals surface area contributed by atoms with Gasteiger partial charge in [-0.05, 0) is 18.2 Å². The molecule has 1 aromatic carbocycles. The molecule has 0 amide bonds. The number of benzene rings is 1. The summed E-state index contributed by atoms with van der Waals surface area (Å²) in [5.74, 6) is -0.151. The topological polar surface area (TPSA) is 60.9 Å². The third-order valence-electron chi connectivity index (χ3n) is 2.23. The number of ketones is 1. The van der Waals surface area contributed by atoms with Crippen LogP contribution in [0.1, 0.15) is 15.9 Å². The quantitative estimate of drug-likeness (QED) is 0.639. The Morgan fingerprint density at radius 3 is 2.81 bits per heavy atom. The van der Waals surface area contributed by atoms with E-state index in [4.69, 9.17) is 17.3 Å². The maximum Gasteiger partial charge on any atom is 0.198 e. The van der Waals surface area contributed by atoms with Crippen molar-refractivity contribution in [1.29, 1.82) is 0 Å². The highest BCUT2D eigenvalue weighted by Gasteiger charge is 2.13. The second-order valence-electron chi connectivity index (χ2n) is 3.46. The number of rotatable bonds is 2. The minimum Gasteiger partial charge on any atom is -0.398 e. The molecule has 2 rings (SSSR count). The molecule has 1 heterocycles. The van der Waals surface area contributed by atoms with Crippen LogP contribution in [0, 0.1) is 0 Å². The van der Waals surface area contributed by atoms with Gasteiger partial charge >= 0.3 is 0 Å². The van der Waals surface area contributed by atoms with E-state index in [-0.39, 0.29) is 5.78 Å². The molecule has 16 heavy (non-hydrogen) atoms. The molecule has 0 aliphatic rings. The summed E-state index contributed by atoms with van der Waals surface area (Å²) < 4.78 is 1.57. The van der Waals surface area contributed by atoms with E-state index < -0.39 is 0 Å². The number of hydrogen-bond donors (Lipinski definition) is 1. The van der Waals surface area contributed by atoms with E-state index in [1.54, 1.807) is 36.1 Å². The molecular formula is C11H10ClN3O. The van der Waals surface area contributed by atoms with Gasteiger partial charge in [0.2, 0.25) is 0 Å². The summed E-state index contributed by atoms with van der Waals surface area (Å²) in [5, 5.41) is 4.45. The van der Waals surface area contributed by atoms with E-state index in [2.05, 4.69) is 5.10 Å². The van der Waals surface area contributed by atoms with Crippen molar-refractivity contribution in [3.8, 4) is 0 Å². The average molecular weight is 236 g/mol. The molecule has 2 aromatic rings. The van der Waals surface area contributed by atoms with Gasteiger partial charge < -0.3 is 5.73 Å². The molecule has 4 nitrogen and oxygen atoms in total. The third kappa shape index (κ3) is 1.92. The summed E-state index contributed by atoms with van der Waals surface area (Å²) in [6.07, 6.45) is 3.16. The first kappa shape index (κ1) is 10.7. The van der Waals surface area contributed by atoms with E-state index in [0.717, 1.165) is 0 Å². The predicted molar refractivity (Wildman–Crippen MR) is 62.5 cm³/mol. The van der Waals surface area contributed by atoms with Gasteiger partial charge in [-0.25, -0.2) is 0 Å². The van der Waals surface area contributed by atoms with Crippen molar-refractivity contribution in [3.63, 3.8) is 0 Å². The summed E-state index contributed by atoms with van der Waals surface area (Å²) >= 11 is 5.76. The summed E-state index contributed by atoms with van der Waals surface area (Å²) in [6.45, 7) is 0. The first-order valence-corrected chi connectivity index (χ1v) is 5.04. The van der Waals surface area contributed by atoms with Crippen LogP contribution in [0.25, 0.3) is 0 Å². The summed E-state index contributed by atoms with van der Waals surface area (Å²) in [7, 11) is 1.75. The van der Waals surface area contributed by atoms with Gasteiger partial charge in [0.15, 0.2) is 5.78 Å². The van der Waals surface area contributed by atoms with E-state index in [1.165, 1.54) is 6.20 Å². The second kappa shape index (κ2) is 3.98. The highest BCUT2D eigenvalue weighted by Crippen LogP contribution is 2.20. The highest BCUT2D eigenvalue weighted by atomic mass is 35.5. The fourth-order valence-corrected chi connectivity index (χ4v) is 1.61. The SMILES string of the molecule is Cn1cc(C(=O)c2ccc(Cl)cc2N)cn1. The molecule has 0 fully saturated rings. The van der Waals surface area contributed by atoms with Gasteiger partial charge in [-0.3, -0.25) is 9.48 Å². The minimum absolute atomic E-state index is 0.151. The van der Waals surface area contributed by atoms with Gasteiger partial charge in [0.1, 0.15) is 0 Å². The number of aromatic nitrogens is 2. The lowest BCUT2D eigenvalue weighted by atomic mass is 10.0. The summed E-state index contributed by atoms with van der Waals surface area (Å²) in [5.41, 5.74) is 7.06. The zero-order chi connectivity index (χ0) is 11.7. The first-order valence-electron chi connectivity index (χ1n) is 4.66. The molecule has 82 valence electrons. The number of nitrogens with two attached hydrogens (primary N) is 1. The molecule has 5 heteroatoms. The fourth-order valence-electron chi connectivity index (χ4n) is 1.43. The molecular weight excluding hydrogens is 226 g/mol. The third-order valence-corrected chi connectivity index (χ3v) is 2.46. The van der Waals surface area contributed by atoms with Gasteiger partial charge in [0, 0.05) is 29.5 Å². The Labute approximate surface area is 97.6 Å². The van der Waals surface area contributed by atoms with Crippen molar-refractivity contribution in [1.82, 2.24) is 9.78 Å². The Balaban J connectivity index is 2.41. The average Bonchev–Trinajstić information content (AvgIpc) is 2.64. The van der Waals surface area contributed by atoms with Crippen LogP contribution in [0.2, 0.25) is 5.02 Å². The monoisotopic (exact) mass is 235 g/mol. The number of halogens is 1. The molecule has 0 aliphatic heterocycles. The van der Waals surface area contributed by atoms with E-state index in [1.807, 2.05) is 0 Å². The van der Waals surface area contributed by atoms with E-state index in [9.17, 15) is 4.79 Å². The Hall–Kier alpha value is -1.81. The van der Waals surface area contributed by atoms with Crippen LogP contribution in [0.4, 0.5) is 5.69 Å². The molecule has 0 aliphatic carbocycles. The van der Waals surface area contributed by atoms with Crippen LogP contribution in [-0.2, 0) is 7.05 Å². The fraction of sp³-hybridized carbons (Fsp3) is 0.0909. The van der Waals surface area contributed by atoms with E-state index >= 15 is 0 Å². The van der Waals surface area contributed by atoms with E-state index in [0.29, 0.717) is 21.8 Å². The molecule has 0 spiro atoms. The zero-order valence-electron chi connectivity index (χ0n) is 8.64. The van der Waals surface area contributed by atoms with Crippen molar-refractivity contribution in [2.45, 2.75) is 0 Å². The van der Waals surface area contributed by atoms with Crippen molar-refractivity contribution < 1.29 is 4.79 Å². The first-order chi connectivity index (χ1) is 7.58. The van der Waals surface area contributed by atoms with Crippen LogP contribution in [0.3, 0.4) is 0 Å². The molecule has 1 aromatic heterocycles. The van der Waals surface area contributed by atoms with Gasteiger partial charge in [-0.15, -0.1) is 0 Å². The second-order valence-corrected chi connectivity index (χ2v) is 3.90. The van der Waals surface area contributed by atoms with Crippen LogP contribution < -0.4 is 5.73 Å². The maximum atomic E-state index is 12.0. The standard InChI is InChI=1S/C11H10ClN3O/c1-15-6-7(5-14-15)11(16)9-3-2-8(12)4-10(9)13/h2-6H,13H2,1H3. The van der Waals surface area contributed by atoms with Crippen LogP contribution in [-0.4, -0.2) is 15.6 Å².